The summed E-state index contributed by atoms with van der Waals surface area (Å²) in [6.45, 7) is 5.43. The van der Waals surface area contributed by atoms with Crippen LogP contribution in [0.5, 0.6) is 0 Å². The highest BCUT2D eigenvalue weighted by Gasteiger charge is 2.26. The van der Waals surface area contributed by atoms with Gasteiger partial charge in [0.2, 0.25) is 5.91 Å². The lowest BCUT2D eigenvalue weighted by atomic mass is 10.2. The highest BCUT2D eigenvalue weighted by atomic mass is 16.6. The van der Waals surface area contributed by atoms with Crippen LogP contribution in [0.4, 0.5) is 4.79 Å². The first-order chi connectivity index (χ1) is 8.71. The van der Waals surface area contributed by atoms with Gasteiger partial charge in [0.05, 0.1) is 13.2 Å². The van der Waals surface area contributed by atoms with Crippen LogP contribution in [0.1, 0.15) is 20.8 Å². The van der Waals surface area contributed by atoms with Crippen molar-refractivity contribution in [3.63, 3.8) is 0 Å². The number of amides is 2. The number of hydrogen-bond donors (Lipinski definition) is 1. The average molecular weight is 270 g/mol. The molecule has 0 aliphatic heterocycles. The molecule has 0 saturated carbocycles. The molecule has 0 spiro atoms. The summed E-state index contributed by atoms with van der Waals surface area (Å²) in [6, 6.07) is -0.821. The van der Waals surface area contributed by atoms with E-state index < -0.39 is 17.7 Å². The maximum absolute atomic E-state index is 12.0. The fourth-order valence-corrected chi connectivity index (χ4v) is 1.27. The van der Waals surface area contributed by atoms with Crippen molar-refractivity contribution in [1.82, 2.24) is 10.2 Å². The van der Waals surface area contributed by atoms with Crippen LogP contribution < -0.4 is 5.32 Å². The van der Waals surface area contributed by atoms with Gasteiger partial charge in [-0.2, -0.15) is 0 Å². The van der Waals surface area contributed by atoms with E-state index in [-0.39, 0.29) is 19.1 Å². The first-order valence-corrected chi connectivity index (χ1v) is 5.88. The Bertz CT molecular complexity index is 355. The van der Waals surface area contributed by atoms with Gasteiger partial charge in [-0.05, 0) is 20.8 Å². The van der Waals surface area contributed by atoms with E-state index in [4.69, 9.17) is 15.9 Å². The largest absolute Gasteiger partial charge is 0.444 e. The Labute approximate surface area is 114 Å². The standard InChI is InChI=1S/C13H22N2O4/c1-7-8-15(5)11(16)10(9-18-6)14-12(17)19-13(2,3)4/h1,10H,8-9H2,2-6H3,(H,14,17)/t10-/m0/s1. The van der Waals surface area contributed by atoms with Crippen molar-refractivity contribution in [3.05, 3.63) is 0 Å². The zero-order chi connectivity index (χ0) is 15.1. The maximum atomic E-state index is 12.0. The summed E-state index contributed by atoms with van der Waals surface area (Å²) >= 11 is 0. The summed E-state index contributed by atoms with van der Waals surface area (Å²) < 4.78 is 10.0. The summed E-state index contributed by atoms with van der Waals surface area (Å²) in [5.41, 5.74) is -0.629. The highest BCUT2D eigenvalue weighted by Crippen LogP contribution is 2.07. The first-order valence-electron chi connectivity index (χ1n) is 5.88. The van der Waals surface area contributed by atoms with Crippen LogP contribution in [0, 0.1) is 12.3 Å². The predicted octanol–water partition coefficient (Wildman–Crippen LogP) is 0.618. The molecule has 0 unspecified atom stereocenters. The van der Waals surface area contributed by atoms with E-state index in [0.717, 1.165) is 0 Å². The number of alkyl carbamates (subject to hydrolysis) is 1. The van der Waals surface area contributed by atoms with Gasteiger partial charge < -0.3 is 19.7 Å². The van der Waals surface area contributed by atoms with Crippen molar-refractivity contribution in [2.24, 2.45) is 0 Å². The number of carbonyl (C=O) groups excluding carboxylic acids is 2. The van der Waals surface area contributed by atoms with Crippen LogP contribution in [0.3, 0.4) is 0 Å². The number of likely N-dealkylation sites (N-methyl/N-ethyl adjacent to an activating group) is 1. The molecule has 1 atom stereocenters. The monoisotopic (exact) mass is 270 g/mol. The third kappa shape index (κ3) is 7.32. The van der Waals surface area contributed by atoms with Crippen molar-refractivity contribution < 1.29 is 19.1 Å². The Morgan fingerprint density at radius 1 is 1.42 bits per heavy atom. The van der Waals surface area contributed by atoms with Crippen LogP contribution in [-0.4, -0.2) is 55.9 Å². The van der Waals surface area contributed by atoms with Gasteiger partial charge in [0, 0.05) is 14.2 Å². The molecule has 108 valence electrons. The molecule has 19 heavy (non-hydrogen) atoms. The van der Waals surface area contributed by atoms with Gasteiger partial charge in [-0.3, -0.25) is 4.79 Å². The zero-order valence-electron chi connectivity index (χ0n) is 12.1. The highest BCUT2D eigenvalue weighted by molar-refractivity contribution is 5.85. The number of hydrogen-bond acceptors (Lipinski definition) is 4. The normalized spacial score (nSPS) is 12.2. The molecule has 6 nitrogen and oxygen atoms in total. The van der Waals surface area contributed by atoms with Crippen molar-refractivity contribution in [3.8, 4) is 12.3 Å². The molecule has 0 aromatic carbocycles. The fourth-order valence-electron chi connectivity index (χ4n) is 1.27. The van der Waals surface area contributed by atoms with Gasteiger partial charge in [0.1, 0.15) is 11.6 Å². The summed E-state index contributed by atoms with van der Waals surface area (Å²) in [4.78, 5) is 25.0. The van der Waals surface area contributed by atoms with E-state index in [1.54, 1.807) is 27.8 Å². The van der Waals surface area contributed by atoms with Gasteiger partial charge in [-0.15, -0.1) is 6.42 Å². The third-order valence-corrected chi connectivity index (χ3v) is 2.03. The van der Waals surface area contributed by atoms with E-state index in [1.165, 1.54) is 12.0 Å². The summed E-state index contributed by atoms with van der Waals surface area (Å²) in [5, 5.41) is 2.47. The Kier molecular flexibility index (Phi) is 6.94. The lowest BCUT2D eigenvalue weighted by Gasteiger charge is -2.25. The molecule has 0 rings (SSSR count). The lowest BCUT2D eigenvalue weighted by Crippen LogP contribution is -2.50. The molecule has 1 N–H and O–H groups in total. The van der Waals surface area contributed by atoms with E-state index in [9.17, 15) is 9.59 Å². The molecule has 0 fully saturated rings. The molecule has 6 heteroatoms. The summed E-state index contributed by atoms with van der Waals surface area (Å²) in [6.07, 6.45) is 4.47. The van der Waals surface area contributed by atoms with E-state index >= 15 is 0 Å². The fraction of sp³-hybridized carbons (Fsp3) is 0.692. The Morgan fingerprint density at radius 3 is 2.42 bits per heavy atom. The number of rotatable bonds is 5. The number of nitrogens with one attached hydrogen (secondary N) is 1. The second-order valence-electron chi connectivity index (χ2n) is 5.05. The zero-order valence-corrected chi connectivity index (χ0v) is 12.1. The number of nitrogens with zero attached hydrogens (tertiary/aromatic N) is 1. The van der Waals surface area contributed by atoms with Crippen LogP contribution in [0.25, 0.3) is 0 Å². The van der Waals surface area contributed by atoms with E-state index in [1.807, 2.05) is 0 Å². The number of methoxy groups -OCH3 is 1. The molecule has 0 aliphatic rings. The minimum Gasteiger partial charge on any atom is -0.444 e. The minimum absolute atomic E-state index is 0.0486. The van der Waals surface area contributed by atoms with Gasteiger partial charge in [0.15, 0.2) is 0 Å². The number of ether oxygens (including phenoxy) is 2. The van der Waals surface area contributed by atoms with Crippen LogP contribution in [0.2, 0.25) is 0 Å². The molecule has 0 aliphatic carbocycles. The molecule has 0 aromatic rings. The second kappa shape index (κ2) is 7.64. The molecule has 0 heterocycles. The molecule has 2 amide bonds. The third-order valence-electron chi connectivity index (χ3n) is 2.03. The molecule has 0 aromatic heterocycles. The minimum atomic E-state index is -0.821. The Balaban J connectivity index is 4.61. The summed E-state index contributed by atoms with van der Waals surface area (Å²) in [7, 11) is 3.00. The van der Waals surface area contributed by atoms with Gasteiger partial charge >= 0.3 is 6.09 Å². The van der Waals surface area contributed by atoms with Crippen LogP contribution >= 0.6 is 0 Å². The van der Waals surface area contributed by atoms with Crippen molar-refractivity contribution in [2.75, 3.05) is 27.3 Å². The second-order valence-corrected chi connectivity index (χ2v) is 5.05. The Morgan fingerprint density at radius 2 is 2.00 bits per heavy atom. The lowest BCUT2D eigenvalue weighted by molar-refractivity contribution is -0.132. The van der Waals surface area contributed by atoms with Gasteiger partial charge in [0.25, 0.3) is 0 Å². The smallest absolute Gasteiger partial charge is 0.408 e. The van der Waals surface area contributed by atoms with Crippen molar-refractivity contribution >= 4 is 12.0 Å². The molecule has 0 bridgehead atoms. The maximum Gasteiger partial charge on any atom is 0.408 e. The average Bonchev–Trinajstić information content (AvgIpc) is 2.25. The first kappa shape index (κ1) is 17.3. The van der Waals surface area contributed by atoms with E-state index in [2.05, 4.69) is 11.2 Å². The molecule has 0 saturated heterocycles. The van der Waals surface area contributed by atoms with Crippen molar-refractivity contribution in [2.45, 2.75) is 32.4 Å². The number of terminal acetylenes is 1. The van der Waals surface area contributed by atoms with Crippen LogP contribution in [-0.2, 0) is 14.3 Å². The van der Waals surface area contributed by atoms with E-state index in [0.29, 0.717) is 0 Å². The summed E-state index contributed by atoms with van der Waals surface area (Å²) in [5.74, 6) is 2.03. The van der Waals surface area contributed by atoms with Crippen LogP contribution in [0.15, 0.2) is 0 Å². The topological polar surface area (TPSA) is 67.9 Å². The van der Waals surface area contributed by atoms with Gasteiger partial charge in [-0.1, -0.05) is 5.92 Å². The number of carbonyl (C=O) groups is 2. The SMILES string of the molecule is C#CCN(C)C(=O)[C@H](COC)NC(=O)OC(C)(C)C. The molecular weight excluding hydrogens is 248 g/mol. The molecule has 0 radical (unpaired) electrons. The quantitative estimate of drug-likeness (QED) is 0.744. The van der Waals surface area contributed by atoms with Gasteiger partial charge in [-0.25, -0.2) is 4.79 Å². The Hall–Kier alpha value is -1.74. The van der Waals surface area contributed by atoms with Crippen molar-refractivity contribution in [1.29, 1.82) is 0 Å². The molecular formula is C13H22N2O4. The predicted molar refractivity (Wildman–Crippen MR) is 71.5 cm³/mol.